The molecule has 0 saturated carbocycles. The highest BCUT2D eigenvalue weighted by Gasteiger charge is 2.21. The van der Waals surface area contributed by atoms with Crippen LogP contribution in [0.2, 0.25) is 5.02 Å². The highest BCUT2D eigenvalue weighted by atomic mass is 35.5. The van der Waals surface area contributed by atoms with Gasteiger partial charge < -0.3 is 14.8 Å². The molecule has 0 spiro atoms. The summed E-state index contributed by atoms with van der Waals surface area (Å²) in [5.41, 5.74) is 0.853. The molecule has 2 N–H and O–H groups in total. The quantitative estimate of drug-likeness (QED) is 0.507. The normalized spacial score (nSPS) is 12.8. The number of anilines is 1. The van der Waals surface area contributed by atoms with Crippen LogP contribution in [0.1, 0.15) is 25.5 Å². The molecule has 28 heavy (non-hydrogen) atoms. The van der Waals surface area contributed by atoms with Crippen molar-refractivity contribution in [3.8, 4) is 11.5 Å². The van der Waals surface area contributed by atoms with Crippen LogP contribution in [-0.2, 0) is 4.79 Å². The zero-order chi connectivity index (χ0) is 20.8. The number of non-ortho nitro benzene ring substituents is 1. The van der Waals surface area contributed by atoms with Gasteiger partial charge in [0.1, 0.15) is 11.5 Å². The number of carbonyl (C=O) groups excluding carboxylic acids is 1. The lowest BCUT2D eigenvalue weighted by molar-refractivity contribution is -0.384. The van der Waals surface area contributed by atoms with E-state index in [1.807, 2.05) is 13.0 Å². The highest BCUT2D eigenvalue weighted by Crippen LogP contribution is 2.30. The van der Waals surface area contributed by atoms with Crippen LogP contribution in [0.3, 0.4) is 0 Å². The van der Waals surface area contributed by atoms with E-state index in [2.05, 4.69) is 10.6 Å². The van der Waals surface area contributed by atoms with Gasteiger partial charge in [-0.05, 0) is 38.1 Å². The zero-order valence-corrected chi connectivity index (χ0v) is 16.7. The van der Waals surface area contributed by atoms with E-state index in [9.17, 15) is 14.9 Å². The molecular formula is C19H22ClN3O5. The number of nitro groups is 1. The molecule has 9 heteroatoms. The summed E-state index contributed by atoms with van der Waals surface area (Å²) in [5, 5.41) is 16.9. The van der Waals surface area contributed by atoms with Gasteiger partial charge >= 0.3 is 0 Å². The number of hydrogen-bond acceptors (Lipinski definition) is 6. The molecule has 150 valence electrons. The Hall–Kier alpha value is -2.84. The summed E-state index contributed by atoms with van der Waals surface area (Å²) < 4.78 is 10.6. The number of nitrogens with one attached hydrogen (secondary N) is 2. The number of carbonyl (C=O) groups is 1. The molecule has 2 rings (SSSR count). The maximum Gasteiger partial charge on any atom is 0.271 e. The maximum atomic E-state index is 12.5. The lowest BCUT2D eigenvalue weighted by atomic mass is 10.1. The van der Waals surface area contributed by atoms with Gasteiger partial charge in [-0.25, -0.2) is 0 Å². The molecule has 0 heterocycles. The van der Waals surface area contributed by atoms with Crippen molar-refractivity contribution in [2.45, 2.75) is 25.9 Å². The van der Waals surface area contributed by atoms with E-state index in [4.69, 9.17) is 21.1 Å². The highest BCUT2D eigenvalue weighted by molar-refractivity contribution is 6.33. The van der Waals surface area contributed by atoms with Gasteiger partial charge in [-0.15, -0.1) is 0 Å². The second kappa shape index (κ2) is 9.38. The van der Waals surface area contributed by atoms with Gasteiger partial charge in [0, 0.05) is 23.7 Å². The third kappa shape index (κ3) is 5.11. The standard InChI is InChI=1S/C19H22ClN3O5/c1-11(15-10-14(27-3)6-8-18(15)28-4)21-12(2)19(24)22-17-9-13(23(25)26)5-7-16(17)20/h5-12,21H,1-4H3,(H,22,24). The lowest BCUT2D eigenvalue weighted by Crippen LogP contribution is -2.39. The van der Waals surface area contributed by atoms with E-state index in [1.165, 1.54) is 18.2 Å². The van der Waals surface area contributed by atoms with E-state index in [1.54, 1.807) is 33.3 Å². The third-order valence-electron chi connectivity index (χ3n) is 4.22. The largest absolute Gasteiger partial charge is 0.497 e. The Kier molecular flexibility index (Phi) is 7.19. The molecule has 0 radical (unpaired) electrons. The molecule has 0 aliphatic rings. The van der Waals surface area contributed by atoms with Crippen LogP contribution >= 0.6 is 11.6 Å². The van der Waals surface area contributed by atoms with Gasteiger partial charge in [0.15, 0.2) is 0 Å². The van der Waals surface area contributed by atoms with Crippen LogP contribution < -0.4 is 20.1 Å². The minimum atomic E-state index is -0.610. The zero-order valence-electron chi connectivity index (χ0n) is 16.0. The number of ether oxygens (including phenoxy) is 2. The first-order valence-corrected chi connectivity index (χ1v) is 8.87. The van der Waals surface area contributed by atoms with Crippen molar-refractivity contribution >= 4 is 28.9 Å². The average Bonchev–Trinajstić information content (AvgIpc) is 2.68. The number of hydrogen-bond donors (Lipinski definition) is 2. The number of methoxy groups -OCH3 is 2. The predicted octanol–water partition coefficient (Wildman–Crippen LogP) is 3.94. The molecular weight excluding hydrogens is 386 g/mol. The Bertz CT molecular complexity index is 875. The summed E-state index contributed by atoms with van der Waals surface area (Å²) in [4.78, 5) is 22.9. The third-order valence-corrected chi connectivity index (χ3v) is 4.54. The van der Waals surface area contributed by atoms with E-state index < -0.39 is 11.0 Å². The Morgan fingerprint density at radius 1 is 1.14 bits per heavy atom. The Morgan fingerprint density at radius 3 is 2.46 bits per heavy atom. The van der Waals surface area contributed by atoms with E-state index >= 15 is 0 Å². The van der Waals surface area contributed by atoms with Crippen molar-refractivity contribution in [3.05, 3.63) is 57.1 Å². The molecule has 2 aromatic carbocycles. The van der Waals surface area contributed by atoms with Crippen molar-refractivity contribution in [3.63, 3.8) is 0 Å². The van der Waals surface area contributed by atoms with Crippen molar-refractivity contribution in [2.24, 2.45) is 0 Å². The molecule has 8 nitrogen and oxygen atoms in total. The summed E-state index contributed by atoms with van der Waals surface area (Å²) >= 11 is 6.04. The van der Waals surface area contributed by atoms with Crippen LogP contribution in [0.5, 0.6) is 11.5 Å². The first-order chi connectivity index (χ1) is 13.3. The summed E-state index contributed by atoms with van der Waals surface area (Å²) in [5.74, 6) is 0.955. The average molecular weight is 408 g/mol. The number of halogens is 1. The topological polar surface area (TPSA) is 103 Å². The predicted molar refractivity (Wildman–Crippen MR) is 107 cm³/mol. The molecule has 1 amide bonds. The van der Waals surface area contributed by atoms with Crippen molar-refractivity contribution in [1.82, 2.24) is 5.32 Å². The number of rotatable bonds is 8. The lowest BCUT2D eigenvalue weighted by Gasteiger charge is -2.22. The molecule has 0 aromatic heterocycles. The fourth-order valence-electron chi connectivity index (χ4n) is 2.68. The van der Waals surface area contributed by atoms with Crippen LogP contribution in [0, 0.1) is 10.1 Å². The second-order valence-corrected chi connectivity index (χ2v) is 6.54. The number of nitrogens with zero attached hydrogens (tertiary/aromatic N) is 1. The maximum absolute atomic E-state index is 12.5. The first-order valence-electron chi connectivity index (χ1n) is 8.49. The smallest absolute Gasteiger partial charge is 0.271 e. The summed E-state index contributed by atoms with van der Waals surface area (Å²) in [6.45, 7) is 3.57. The molecule has 2 unspecified atom stereocenters. The van der Waals surface area contributed by atoms with E-state index in [-0.39, 0.29) is 28.3 Å². The Balaban J connectivity index is 2.12. The van der Waals surface area contributed by atoms with Gasteiger partial charge in [-0.3, -0.25) is 20.2 Å². The Morgan fingerprint density at radius 2 is 1.86 bits per heavy atom. The molecule has 0 fully saturated rings. The number of benzene rings is 2. The van der Waals surface area contributed by atoms with Crippen molar-refractivity contribution < 1.29 is 19.2 Å². The molecule has 0 bridgehead atoms. The molecule has 0 saturated heterocycles. The van der Waals surface area contributed by atoms with Crippen molar-refractivity contribution in [2.75, 3.05) is 19.5 Å². The van der Waals surface area contributed by atoms with Gasteiger partial charge in [-0.2, -0.15) is 0 Å². The Labute approximate surface area is 167 Å². The molecule has 0 aliphatic carbocycles. The SMILES string of the molecule is COc1ccc(OC)c(C(C)NC(C)C(=O)Nc2cc([N+](=O)[O-])ccc2Cl)c1. The minimum absolute atomic E-state index is 0.158. The molecule has 2 aromatic rings. The first kappa shape index (κ1) is 21.5. The molecule has 2 atom stereocenters. The minimum Gasteiger partial charge on any atom is -0.497 e. The number of amides is 1. The van der Waals surface area contributed by atoms with Crippen LogP contribution in [-0.4, -0.2) is 31.1 Å². The fraction of sp³-hybridized carbons (Fsp3) is 0.316. The summed E-state index contributed by atoms with van der Waals surface area (Å²) in [6.07, 6.45) is 0. The summed E-state index contributed by atoms with van der Waals surface area (Å²) in [6, 6.07) is 8.44. The van der Waals surface area contributed by atoms with Gasteiger partial charge in [0.05, 0.1) is 35.9 Å². The van der Waals surface area contributed by atoms with Gasteiger partial charge in [0.2, 0.25) is 5.91 Å². The van der Waals surface area contributed by atoms with Gasteiger partial charge in [-0.1, -0.05) is 11.6 Å². The van der Waals surface area contributed by atoms with Crippen LogP contribution in [0.4, 0.5) is 11.4 Å². The monoisotopic (exact) mass is 407 g/mol. The second-order valence-electron chi connectivity index (χ2n) is 6.13. The van der Waals surface area contributed by atoms with Crippen molar-refractivity contribution in [1.29, 1.82) is 0 Å². The van der Waals surface area contributed by atoms with Gasteiger partial charge in [0.25, 0.3) is 5.69 Å². The van der Waals surface area contributed by atoms with E-state index in [0.29, 0.717) is 11.5 Å². The molecule has 0 aliphatic heterocycles. The van der Waals surface area contributed by atoms with E-state index in [0.717, 1.165) is 5.56 Å². The summed E-state index contributed by atoms with van der Waals surface area (Å²) in [7, 11) is 3.14. The fourth-order valence-corrected chi connectivity index (χ4v) is 2.85. The number of nitro benzene ring substituents is 1. The van der Waals surface area contributed by atoms with Crippen LogP contribution in [0.15, 0.2) is 36.4 Å². The van der Waals surface area contributed by atoms with Crippen LogP contribution in [0.25, 0.3) is 0 Å².